The number of nitrogens with two attached hydrogens (primary N) is 1. The maximum atomic E-state index is 13.2. The van der Waals surface area contributed by atoms with Crippen molar-refractivity contribution in [2.45, 2.75) is 13.8 Å². The van der Waals surface area contributed by atoms with Crippen LogP contribution in [0, 0.1) is 17.7 Å². The van der Waals surface area contributed by atoms with Crippen LogP contribution >= 0.6 is 23.8 Å². The number of carbonyl (C=O) groups excluding carboxylic acids is 1. The first-order valence-electron chi connectivity index (χ1n) is 5.38. The van der Waals surface area contributed by atoms with Gasteiger partial charge in [0.25, 0.3) is 0 Å². The number of rotatable bonds is 4. The van der Waals surface area contributed by atoms with Gasteiger partial charge in [0.05, 0.1) is 15.9 Å². The van der Waals surface area contributed by atoms with Gasteiger partial charge in [-0.05, 0) is 24.1 Å². The van der Waals surface area contributed by atoms with Crippen LogP contribution in [0.25, 0.3) is 0 Å². The van der Waals surface area contributed by atoms with E-state index in [2.05, 4.69) is 5.32 Å². The fourth-order valence-electron chi connectivity index (χ4n) is 1.55. The Kier molecular flexibility index (Phi) is 5.04. The van der Waals surface area contributed by atoms with Gasteiger partial charge in [-0.3, -0.25) is 4.79 Å². The van der Waals surface area contributed by atoms with Gasteiger partial charge in [-0.2, -0.15) is 0 Å². The fraction of sp³-hybridized carbons (Fsp3) is 0.333. The quantitative estimate of drug-likeness (QED) is 0.838. The SMILES string of the molecule is CC(C)C(C(=O)Nc1ccc(Cl)c(F)c1)C(N)=S. The average Bonchev–Trinajstić information content (AvgIpc) is 2.22. The second-order valence-corrected chi connectivity index (χ2v) is 5.12. The molecule has 0 aliphatic rings. The highest BCUT2D eigenvalue weighted by Gasteiger charge is 2.25. The van der Waals surface area contributed by atoms with Crippen LogP contribution in [-0.2, 0) is 4.79 Å². The molecule has 1 atom stereocenters. The molecule has 98 valence electrons. The van der Waals surface area contributed by atoms with E-state index in [1.807, 2.05) is 13.8 Å². The number of amides is 1. The summed E-state index contributed by atoms with van der Waals surface area (Å²) in [4.78, 5) is 12.1. The summed E-state index contributed by atoms with van der Waals surface area (Å²) >= 11 is 10.4. The summed E-state index contributed by atoms with van der Waals surface area (Å²) in [5.74, 6) is -1.55. The van der Waals surface area contributed by atoms with E-state index in [-0.39, 0.29) is 21.8 Å². The minimum atomic E-state index is -0.592. The molecule has 1 rings (SSSR count). The molecule has 3 N–H and O–H groups in total. The third kappa shape index (κ3) is 3.65. The van der Waals surface area contributed by atoms with Crippen molar-refractivity contribution in [2.24, 2.45) is 17.6 Å². The van der Waals surface area contributed by atoms with Crippen LogP contribution in [0.5, 0.6) is 0 Å². The van der Waals surface area contributed by atoms with Gasteiger partial charge in [0.1, 0.15) is 5.82 Å². The molecular weight excluding hydrogens is 275 g/mol. The van der Waals surface area contributed by atoms with E-state index >= 15 is 0 Å². The summed E-state index contributed by atoms with van der Waals surface area (Å²) < 4.78 is 13.2. The molecule has 0 saturated carbocycles. The molecule has 0 radical (unpaired) electrons. The highest BCUT2D eigenvalue weighted by molar-refractivity contribution is 7.80. The van der Waals surface area contributed by atoms with Crippen LogP contribution < -0.4 is 11.1 Å². The molecule has 1 aromatic carbocycles. The summed E-state index contributed by atoms with van der Waals surface area (Å²) in [5.41, 5.74) is 5.84. The van der Waals surface area contributed by atoms with E-state index in [1.165, 1.54) is 12.1 Å². The zero-order chi connectivity index (χ0) is 13.9. The average molecular weight is 289 g/mol. The van der Waals surface area contributed by atoms with Gasteiger partial charge in [0, 0.05) is 5.69 Å². The van der Waals surface area contributed by atoms with Crippen molar-refractivity contribution in [2.75, 3.05) is 5.32 Å². The molecule has 0 bridgehead atoms. The topological polar surface area (TPSA) is 55.1 Å². The third-order valence-electron chi connectivity index (χ3n) is 2.44. The number of thiocarbonyl (C=S) groups is 1. The van der Waals surface area contributed by atoms with E-state index in [0.717, 1.165) is 6.07 Å². The number of halogens is 2. The Morgan fingerprint density at radius 3 is 2.56 bits per heavy atom. The minimum absolute atomic E-state index is 0.00255. The lowest BCUT2D eigenvalue weighted by Crippen LogP contribution is -2.36. The maximum absolute atomic E-state index is 13.2. The van der Waals surface area contributed by atoms with Gasteiger partial charge in [-0.15, -0.1) is 0 Å². The number of hydrogen-bond donors (Lipinski definition) is 2. The maximum Gasteiger partial charge on any atom is 0.234 e. The van der Waals surface area contributed by atoms with Gasteiger partial charge < -0.3 is 11.1 Å². The highest BCUT2D eigenvalue weighted by atomic mass is 35.5. The van der Waals surface area contributed by atoms with Gasteiger partial charge >= 0.3 is 0 Å². The smallest absolute Gasteiger partial charge is 0.234 e. The summed E-state index contributed by atoms with van der Waals surface area (Å²) in [6.45, 7) is 3.68. The number of benzene rings is 1. The van der Waals surface area contributed by atoms with Crippen molar-refractivity contribution < 1.29 is 9.18 Å². The lowest BCUT2D eigenvalue weighted by molar-refractivity contribution is -0.118. The Hall–Kier alpha value is -1.20. The van der Waals surface area contributed by atoms with Crippen LogP contribution in [0.4, 0.5) is 10.1 Å². The first-order chi connectivity index (χ1) is 8.32. The van der Waals surface area contributed by atoms with Crippen molar-refractivity contribution in [3.63, 3.8) is 0 Å². The first kappa shape index (κ1) is 14.9. The molecule has 0 aromatic heterocycles. The molecule has 1 unspecified atom stereocenters. The summed E-state index contributed by atoms with van der Waals surface area (Å²) in [6, 6.07) is 4.04. The number of carbonyl (C=O) groups is 1. The second kappa shape index (κ2) is 6.11. The van der Waals surface area contributed by atoms with E-state index < -0.39 is 11.7 Å². The zero-order valence-electron chi connectivity index (χ0n) is 10.0. The summed E-state index contributed by atoms with van der Waals surface area (Å²) in [7, 11) is 0. The van der Waals surface area contributed by atoms with Crippen molar-refractivity contribution >= 4 is 40.4 Å². The second-order valence-electron chi connectivity index (χ2n) is 4.24. The summed E-state index contributed by atoms with van der Waals surface area (Å²) in [6.07, 6.45) is 0. The Morgan fingerprint density at radius 2 is 2.11 bits per heavy atom. The number of nitrogens with one attached hydrogen (secondary N) is 1. The van der Waals surface area contributed by atoms with Gasteiger partial charge in [-0.1, -0.05) is 37.7 Å². The molecular formula is C12H14ClFN2OS. The fourth-order valence-corrected chi connectivity index (χ4v) is 2.05. The van der Waals surface area contributed by atoms with Gasteiger partial charge in [-0.25, -0.2) is 4.39 Å². The van der Waals surface area contributed by atoms with Crippen LogP contribution in [-0.4, -0.2) is 10.9 Å². The number of anilines is 1. The molecule has 1 aromatic rings. The Labute approximate surface area is 115 Å². The molecule has 0 heterocycles. The van der Waals surface area contributed by atoms with E-state index in [0.29, 0.717) is 5.69 Å². The molecule has 0 spiro atoms. The predicted octanol–water partition coefficient (Wildman–Crippen LogP) is 2.98. The van der Waals surface area contributed by atoms with E-state index in [9.17, 15) is 9.18 Å². The van der Waals surface area contributed by atoms with Gasteiger partial charge in [0.15, 0.2) is 0 Å². The molecule has 18 heavy (non-hydrogen) atoms. The van der Waals surface area contributed by atoms with E-state index in [4.69, 9.17) is 29.6 Å². The monoisotopic (exact) mass is 288 g/mol. The molecule has 3 nitrogen and oxygen atoms in total. The number of hydrogen-bond acceptors (Lipinski definition) is 2. The highest BCUT2D eigenvalue weighted by Crippen LogP contribution is 2.20. The molecule has 0 fully saturated rings. The van der Waals surface area contributed by atoms with Crippen molar-refractivity contribution in [1.29, 1.82) is 0 Å². The summed E-state index contributed by atoms with van der Waals surface area (Å²) in [5, 5.41) is 2.57. The molecule has 6 heteroatoms. The Morgan fingerprint density at radius 1 is 1.50 bits per heavy atom. The predicted molar refractivity (Wildman–Crippen MR) is 75.2 cm³/mol. The van der Waals surface area contributed by atoms with Crippen LogP contribution in [0.15, 0.2) is 18.2 Å². The van der Waals surface area contributed by atoms with Crippen molar-refractivity contribution in [3.8, 4) is 0 Å². The zero-order valence-corrected chi connectivity index (χ0v) is 11.6. The Balaban J connectivity index is 2.86. The first-order valence-corrected chi connectivity index (χ1v) is 6.16. The molecule has 0 aliphatic carbocycles. The third-order valence-corrected chi connectivity index (χ3v) is 3.00. The molecule has 0 aliphatic heterocycles. The lowest BCUT2D eigenvalue weighted by Gasteiger charge is -2.18. The van der Waals surface area contributed by atoms with E-state index in [1.54, 1.807) is 0 Å². The van der Waals surface area contributed by atoms with Crippen LogP contribution in [0.2, 0.25) is 5.02 Å². The molecule has 1 amide bonds. The van der Waals surface area contributed by atoms with Crippen LogP contribution in [0.3, 0.4) is 0 Å². The normalized spacial score (nSPS) is 12.3. The standard InChI is InChI=1S/C12H14ClFN2OS/c1-6(2)10(11(15)18)12(17)16-7-3-4-8(13)9(14)5-7/h3-6,10H,1-2H3,(H2,15,18)(H,16,17). The lowest BCUT2D eigenvalue weighted by atomic mass is 9.95. The van der Waals surface area contributed by atoms with Gasteiger partial charge in [0.2, 0.25) is 5.91 Å². The Bertz CT molecular complexity index is 479. The minimum Gasteiger partial charge on any atom is -0.393 e. The van der Waals surface area contributed by atoms with Crippen molar-refractivity contribution in [3.05, 3.63) is 29.0 Å². The van der Waals surface area contributed by atoms with Crippen molar-refractivity contribution in [1.82, 2.24) is 0 Å². The van der Waals surface area contributed by atoms with Crippen LogP contribution in [0.1, 0.15) is 13.8 Å². The molecule has 0 saturated heterocycles. The largest absolute Gasteiger partial charge is 0.393 e.